The molecule has 1 amide bonds. The van der Waals surface area contributed by atoms with Crippen LogP contribution < -0.4 is 10.1 Å². The van der Waals surface area contributed by atoms with Gasteiger partial charge in [0.15, 0.2) is 0 Å². The third kappa shape index (κ3) is 4.08. The zero-order valence-electron chi connectivity index (χ0n) is 11.5. The molecular weight excluding hydrogens is 258 g/mol. The molecule has 1 aromatic carbocycles. The molecule has 1 heterocycles. The molecule has 0 bridgehead atoms. The van der Waals surface area contributed by atoms with E-state index in [4.69, 9.17) is 9.15 Å². The van der Waals surface area contributed by atoms with Crippen molar-refractivity contribution >= 4 is 5.91 Å². The van der Waals surface area contributed by atoms with Crippen molar-refractivity contribution in [1.82, 2.24) is 15.5 Å². The molecule has 0 unspecified atom stereocenters. The highest BCUT2D eigenvalue weighted by Crippen LogP contribution is 2.12. The topological polar surface area (TPSA) is 77.2 Å². The zero-order chi connectivity index (χ0) is 14.4. The minimum absolute atomic E-state index is 0.0926. The molecule has 0 fully saturated rings. The summed E-state index contributed by atoms with van der Waals surface area (Å²) in [5.41, 5.74) is 0.924. The summed E-state index contributed by atoms with van der Waals surface area (Å²) in [5.74, 6) is 1.60. The fourth-order valence-electron chi connectivity index (χ4n) is 1.70. The lowest BCUT2D eigenvalue weighted by molar-refractivity contribution is -0.120. The van der Waals surface area contributed by atoms with Crippen molar-refractivity contribution in [2.24, 2.45) is 0 Å². The van der Waals surface area contributed by atoms with Crippen molar-refractivity contribution in [2.45, 2.75) is 26.8 Å². The van der Waals surface area contributed by atoms with Crippen LogP contribution in [-0.4, -0.2) is 22.7 Å². The Morgan fingerprint density at radius 1 is 1.30 bits per heavy atom. The molecule has 6 nitrogen and oxygen atoms in total. The fraction of sp³-hybridized carbons (Fsp3) is 0.357. The number of rotatable bonds is 6. The summed E-state index contributed by atoms with van der Waals surface area (Å²) >= 11 is 0. The van der Waals surface area contributed by atoms with Crippen LogP contribution in [-0.2, 0) is 17.8 Å². The third-order valence-electron chi connectivity index (χ3n) is 2.60. The van der Waals surface area contributed by atoms with Gasteiger partial charge in [0.1, 0.15) is 5.75 Å². The number of hydrogen-bond donors (Lipinski definition) is 1. The van der Waals surface area contributed by atoms with Gasteiger partial charge in [-0.3, -0.25) is 4.79 Å². The highest BCUT2D eigenvalue weighted by Gasteiger charge is 2.06. The lowest BCUT2D eigenvalue weighted by Gasteiger charge is -2.05. The largest absolute Gasteiger partial charge is 0.494 e. The summed E-state index contributed by atoms with van der Waals surface area (Å²) in [6.07, 6.45) is 0.305. The van der Waals surface area contributed by atoms with Crippen LogP contribution in [0.1, 0.15) is 24.3 Å². The quantitative estimate of drug-likeness (QED) is 0.867. The van der Waals surface area contributed by atoms with Gasteiger partial charge in [-0.15, -0.1) is 10.2 Å². The van der Waals surface area contributed by atoms with Crippen molar-refractivity contribution in [3.63, 3.8) is 0 Å². The lowest BCUT2D eigenvalue weighted by Crippen LogP contribution is -2.24. The molecule has 1 aromatic heterocycles. The van der Waals surface area contributed by atoms with Gasteiger partial charge in [-0.1, -0.05) is 12.1 Å². The average Bonchev–Trinajstić information content (AvgIpc) is 2.85. The summed E-state index contributed by atoms with van der Waals surface area (Å²) in [5, 5.41) is 10.2. The Kier molecular flexibility index (Phi) is 4.70. The summed E-state index contributed by atoms with van der Waals surface area (Å²) in [6.45, 7) is 4.51. The van der Waals surface area contributed by atoms with E-state index < -0.39 is 0 Å². The summed E-state index contributed by atoms with van der Waals surface area (Å²) in [6, 6.07) is 7.46. The van der Waals surface area contributed by atoms with E-state index in [0.29, 0.717) is 24.8 Å². The predicted octanol–water partition coefficient (Wildman–Crippen LogP) is 1.64. The van der Waals surface area contributed by atoms with E-state index in [0.717, 1.165) is 11.3 Å². The summed E-state index contributed by atoms with van der Waals surface area (Å²) in [4.78, 5) is 11.8. The first-order valence-electron chi connectivity index (χ1n) is 6.45. The summed E-state index contributed by atoms with van der Waals surface area (Å²) in [7, 11) is 0. The Morgan fingerprint density at radius 3 is 2.65 bits per heavy atom. The minimum atomic E-state index is -0.0926. The van der Waals surface area contributed by atoms with E-state index in [-0.39, 0.29) is 12.5 Å². The molecule has 0 saturated carbocycles. The van der Waals surface area contributed by atoms with Gasteiger partial charge >= 0.3 is 0 Å². The smallest absolute Gasteiger partial charge is 0.235 e. The van der Waals surface area contributed by atoms with Crippen LogP contribution in [0.4, 0.5) is 0 Å². The van der Waals surface area contributed by atoms with Gasteiger partial charge in [-0.2, -0.15) is 0 Å². The number of benzene rings is 1. The maximum atomic E-state index is 11.8. The molecule has 20 heavy (non-hydrogen) atoms. The van der Waals surface area contributed by atoms with Gasteiger partial charge in [0, 0.05) is 6.92 Å². The van der Waals surface area contributed by atoms with Gasteiger partial charge in [-0.25, -0.2) is 0 Å². The normalized spacial score (nSPS) is 10.3. The van der Waals surface area contributed by atoms with Crippen LogP contribution in [0.25, 0.3) is 0 Å². The second kappa shape index (κ2) is 6.70. The minimum Gasteiger partial charge on any atom is -0.494 e. The monoisotopic (exact) mass is 275 g/mol. The first-order chi connectivity index (χ1) is 9.67. The van der Waals surface area contributed by atoms with Gasteiger partial charge in [0.2, 0.25) is 17.7 Å². The van der Waals surface area contributed by atoms with E-state index >= 15 is 0 Å². The molecule has 0 radical (unpaired) electrons. The van der Waals surface area contributed by atoms with Crippen LogP contribution in [0.15, 0.2) is 28.7 Å². The van der Waals surface area contributed by atoms with Crippen LogP contribution in [0.2, 0.25) is 0 Å². The number of ether oxygens (including phenoxy) is 1. The molecule has 2 aromatic rings. The van der Waals surface area contributed by atoms with E-state index in [1.807, 2.05) is 31.2 Å². The second-order valence-electron chi connectivity index (χ2n) is 4.25. The number of hydrogen-bond acceptors (Lipinski definition) is 5. The molecule has 0 spiro atoms. The molecule has 1 N–H and O–H groups in total. The van der Waals surface area contributed by atoms with Gasteiger partial charge in [0.05, 0.1) is 19.6 Å². The molecule has 0 aliphatic carbocycles. The fourth-order valence-corrected chi connectivity index (χ4v) is 1.70. The van der Waals surface area contributed by atoms with Gasteiger partial charge in [0.25, 0.3) is 0 Å². The average molecular weight is 275 g/mol. The molecule has 6 heteroatoms. The zero-order valence-corrected chi connectivity index (χ0v) is 11.5. The van der Waals surface area contributed by atoms with Crippen LogP contribution in [0.5, 0.6) is 5.75 Å². The second-order valence-corrected chi connectivity index (χ2v) is 4.25. The highest BCUT2D eigenvalue weighted by atomic mass is 16.5. The molecule has 0 aliphatic heterocycles. The maximum Gasteiger partial charge on any atom is 0.235 e. The number of nitrogens with zero attached hydrogens (tertiary/aromatic N) is 2. The number of nitrogens with one attached hydrogen (secondary N) is 1. The number of carbonyl (C=O) groups excluding carboxylic acids is 1. The Balaban J connectivity index is 1.81. The van der Waals surface area contributed by atoms with Crippen LogP contribution >= 0.6 is 0 Å². The molecule has 2 rings (SSSR count). The number of aromatic nitrogens is 2. The van der Waals surface area contributed by atoms with Crippen LogP contribution in [0, 0.1) is 6.92 Å². The third-order valence-corrected chi connectivity index (χ3v) is 2.60. The van der Waals surface area contributed by atoms with Crippen LogP contribution in [0.3, 0.4) is 0 Å². The van der Waals surface area contributed by atoms with Crippen molar-refractivity contribution in [3.8, 4) is 5.75 Å². The maximum absolute atomic E-state index is 11.8. The van der Waals surface area contributed by atoms with Gasteiger partial charge < -0.3 is 14.5 Å². The lowest BCUT2D eigenvalue weighted by atomic mass is 10.1. The van der Waals surface area contributed by atoms with E-state index in [1.165, 1.54) is 0 Å². The predicted molar refractivity (Wildman–Crippen MR) is 72.2 cm³/mol. The molecular formula is C14H17N3O3. The summed E-state index contributed by atoms with van der Waals surface area (Å²) < 4.78 is 10.5. The molecule has 0 saturated heterocycles. The van der Waals surface area contributed by atoms with E-state index in [9.17, 15) is 4.79 Å². The van der Waals surface area contributed by atoms with Crippen molar-refractivity contribution in [1.29, 1.82) is 0 Å². The SMILES string of the molecule is CCOc1ccc(CC(=O)NCc2nnc(C)o2)cc1. The first kappa shape index (κ1) is 14.0. The van der Waals surface area contributed by atoms with Gasteiger partial charge in [-0.05, 0) is 24.6 Å². The van der Waals surface area contributed by atoms with Crippen molar-refractivity contribution in [3.05, 3.63) is 41.6 Å². The van der Waals surface area contributed by atoms with E-state index in [1.54, 1.807) is 6.92 Å². The highest BCUT2D eigenvalue weighted by molar-refractivity contribution is 5.78. The Bertz CT molecular complexity index is 563. The van der Waals surface area contributed by atoms with Crippen molar-refractivity contribution in [2.75, 3.05) is 6.61 Å². The number of amides is 1. The molecule has 106 valence electrons. The Hall–Kier alpha value is -2.37. The standard InChI is InChI=1S/C14H17N3O3/c1-3-19-12-6-4-11(5-7-12)8-13(18)15-9-14-17-16-10(2)20-14/h4-7H,3,8-9H2,1-2H3,(H,15,18). The molecule has 0 atom stereocenters. The Labute approximate surface area is 117 Å². The van der Waals surface area contributed by atoms with E-state index in [2.05, 4.69) is 15.5 Å². The number of aryl methyl sites for hydroxylation is 1. The molecule has 0 aliphatic rings. The first-order valence-corrected chi connectivity index (χ1v) is 6.45. The Morgan fingerprint density at radius 2 is 2.05 bits per heavy atom. The number of carbonyl (C=O) groups is 1. The van der Waals surface area contributed by atoms with Crippen molar-refractivity contribution < 1.29 is 13.9 Å².